The summed E-state index contributed by atoms with van der Waals surface area (Å²) < 4.78 is 5.25. The molecule has 2 aromatic rings. The van der Waals surface area contributed by atoms with Crippen LogP contribution in [0.5, 0.6) is 0 Å². The normalized spacial score (nSPS) is 19.6. The highest BCUT2D eigenvalue weighted by Gasteiger charge is 2.43. The lowest BCUT2D eigenvalue weighted by Gasteiger charge is -2.39. The lowest BCUT2D eigenvalue weighted by Crippen LogP contribution is -2.44. The van der Waals surface area contributed by atoms with Gasteiger partial charge in [0.2, 0.25) is 0 Å². The molecule has 0 aromatic carbocycles. The van der Waals surface area contributed by atoms with Crippen LogP contribution in [-0.4, -0.2) is 52.8 Å². The van der Waals surface area contributed by atoms with Crippen molar-refractivity contribution < 1.29 is 14.0 Å². The highest BCUT2D eigenvalue weighted by Crippen LogP contribution is 2.41. The van der Waals surface area contributed by atoms with Crippen molar-refractivity contribution in [2.45, 2.75) is 26.2 Å². The number of aromatic nitrogens is 1. The van der Waals surface area contributed by atoms with Crippen LogP contribution in [0.3, 0.4) is 0 Å². The predicted octanol–water partition coefficient (Wildman–Crippen LogP) is 2.81. The molecule has 1 spiro atoms. The van der Waals surface area contributed by atoms with E-state index in [0.717, 1.165) is 45.4 Å². The third-order valence-corrected chi connectivity index (χ3v) is 6.16. The van der Waals surface area contributed by atoms with Gasteiger partial charge in [-0.05, 0) is 37.7 Å². The molecule has 4 heterocycles. The first-order chi connectivity index (χ1) is 12.1. The number of likely N-dealkylation sites (tertiary alicyclic amines) is 2. The SMILES string of the molecule is Cc1occc1C(=O)N1CCC2(CCN(C(=O)c3cscn3)C2)CC1. The third kappa shape index (κ3) is 2.97. The van der Waals surface area contributed by atoms with Crippen molar-refractivity contribution in [1.82, 2.24) is 14.8 Å². The first kappa shape index (κ1) is 16.3. The second-order valence-corrected chi connectivity index (χ2v) is 7.75. The van der Waals surface area contributed by atoms with E-state index in [0.29, 0.717) is 17.0 Å². The number of carbonyl (C=O) groups is 2. The molecule has 0 saturated carbocycles. The molecular formula is C18H21N3O3S. The van der Waals surface area contributed by atoms with Crippen molar-refractivity contribution in [3.63, 3.8) is 0 Å². The maximum atomic E-state index is 12.6. The van der Waals surface area contributed by atoms with Crippen molar-refractivity contribution in [2.75, 3.05) is 26.2 Å². The van der Waals surface area contributed by atoms with Gasteiger partial charge >= 0.3 is 0 Å². The largest absolute Gasteiger partial charge is 0.469 e. The van der Waals surface area contributed by atoms with Gasteiger partial charge in [-0.1, -0.05) is 0 Å². The van der Waals surface area contributed by atoms with E-state index in [1.165, 1.54) is 11.3 Å². The minimum Gasteiger partial charge on any atom is -0.469 e. The first-order valence-corrected chi connectivity index (χ1v) is 9.53. The molecule has 0 radical (unpaired) electrons. The minimum absolute atomic E-state index is 0.0330. The summed E-state index contributed by atoms with van der Waals surface area (Å²) >= 11 is 1.45. The fraction of sp³-hybridized carbons (Fsp3) is 0.500. The lowest BCUT2D eigenvalue weighted by molar-refractivity contribution is 0.0563. The van der Waals surface area contributed by atoms with Gasteiger partial charge in [0, 0.05) is 31.6 Å². The predicted molar refractivity (Wildman–Crippen MR) is 93.7 cm³/mol. The van der Waals surface area contributed by atoms with E-state index in [1.54, 1.807) is 17.8 Å². The van der Waals surface area contributed by atoms with Crippen molar-refractivity contribution in [3.8, 4) is 0 Å². The Hall–Kier alpha value is -2.15. The zero-order chi connectivity index (χ0) is 17.4. The average Bonchev–Trinajstić information content (AvgIpc) is 3.36. The fourth-order valence-electron chi connectivity index (χ4n) is 3.96. The number of hydrogen-bond acceptors (Lipinski definition) is 5. The smallest absolute Gasteiger partial charge is 0.273 e. The summed E-state index contributed by atoms with van der Waals surface area (Å²) in [5, 5.41) is 1.81. The summed E-state index contributed by atoms with van der Waals surface area (Å²) in [6.07, 6.45) is 4.45. The number of rotatable bonds is 2. The molecule has 2 aliphatic heterocycles. The molecule has 132 valence electrons. The molecule has 4 rings (SSSR count). The summed E-state index contributed by atoms with van der Waals surface area (Å²) in [5.74, 6) is 0.756. The standard InChI is InChI=1S/C18H21N3O3S/c1-13-14(2-9-24-13)16(22)20-6-3-18(4-7-20)5-8-21(11-18)17(23)15-10-25-12-19-15/h2,9-10,12H,3-8,11H2,1H3. The maximum absolute atomic E-state index is 12.6. The van der Waals surface area contributed by atoms with E-state index in [9.17, 15) is 9.59 Å². The van der Waals surface area contributed by atoms with E-state index in [2.05, 4.69) is 4.98 Å². The minimum atomic E-state index is 0.0330. The number of amides is 2. The van der Waals surface area contributed by atoms with E-state index in [-0.39, 0.29) is 17.2 Å². The molecule has 0 aliphatic carbocycles. The topological polar surface area (TPSA) is 66.7 Å². The molecular weight excluding hydrogens is 338 g/mol. The van der Waals surface area contributed by atoms with Crippen LogP contribution >= 0.6 is 11.3 Å². The number of carbonyl (C=O) groups excluding carboxylic acids is 2. The van der Waals surface area contributed by atoms with Gasteiger partial charge in [-0.2, -0.15) is 0 Å². The van der Waals surface area contributed by atoms with Gasteiger partial charge in [-0.3, -0.25) is 9.59 Å². The van der Waals surface area contributed by atoms with Crippen molar-refractivity contribution >= 4 is 23.2 Å². The molecule has 6 nitrogen and oxygen atoms in total. The Labute approximate surface area is 150 Å². The fourth-order valence-corrected chi connectivity index (χ4v) is 4.48. The number of aryl methyl sites for hydroxylation is 1. The number of hydrogen-bond donors (Lipinski definition) is 0. The Morgan fingerprint density at radius 3 is 2.48 bits per heavy atom. The van der Waals surface area contributed by atoms with E-state index >= 15 is 0 Å². The summed E-state index contributed by atoms with van der Waals surface area (Å²) in [6, 6.07) is 1.74. The van der Waals surface area contributed by atoms with Gasteiger partial charge in [0.15, 0.2) is 0 Å². The second kappa shape index (κ2) is 6.29. The maximum Gasteiger partial charge on any atom is 0.273 e. The van der Waals surface area contributed by atoms with Crippen molar-refractivity contribution in [1.29, 1.82) is 0 Å². The zero-order valence-corrected chi connectivity index (χ0v) is 15.1. The van der Waals surface area contributed by atoms with Crippen LogP contribution in [0.2, 0.25) is 0 Å². The van der Waals surface area contributed by atoms with Crippen LogP contribution < -0.4 is 0 Å². The van der Waals surface area contributed by atoms with Crippen molar-refractivity contribution in [2.24, 2.45) is 5.41 Å². The number of thiazole rings is 1. The van der Waals surface area contributed by atoms with E-state index in [1.807, 2.05) is 22.1 Å². The molecule has 2 aliphatic rings. The van der Waals surface area contributed by atoms with Crippen LogP contribution in [0, 0.1) is 12.3 Å². The monoisotopic (exact) mass is 359 g/mol. The molecule has 0 atom stereocenters. The number of nitrogens with zero attached hydrogens (tertiary/aromatic N) is 3. The summed E-state index contributed by atoms with van der Waals surface area (Å²) in [7, 11) is 0. The Morgan fingerprint density at radius 2 is 1.88 bits per heavy atom. The van der Waals surface area contributed by atoms with Crippen LogP contribution in [0.15, 0.2) is 27.6 Å². The first-order valence-electron chi connectivity index (χ1n) is 8.59. The molecule has 7 heteroatoms. The van der Waals surface area contributed by atoms with Gasteiger partial charge in [0.05, 0.1) is 17.3 Å². The second-order valence-electron chi connectivity index (χ2n) is 7.03. The summed E-state index contributed by atoms with van der Waals surface area (Å²) in [6.45, 7) is 4.85. The molecule has 2 aromatic heterocycles. The Balaban J connectivity index is 1.38. The lowest BCUT2D eigenvalue weighted by atomic mass is 9.77. The summed E-state index contributed by atoms with van der Waals surface area (Å²) in [5.41, 5.74) is 3.04. The average molecular weight is 359 g/mol. The van der Waals surface area contributed by atoms with Gasteiger partial charge in [0.1, 0.15) is 11.5 Å². The van der Waals surface area contributed by atoms with E-state index in [4.69, 9.17) is 4.42 Å². The highest BCUT2D eigenvalue weighted by molar-refractivity contribution is 7.07. The molecule has 2 saturated heterocycles. The van der Waals surface area contributed by atoms with E-state index < -0.39 is 0 Å². The molecule has 2 amide bonds. The molecule has 0 unspecified atom stereocenters. The Morgan fingerprint density at radius 1 is 1.16 bits per heavy atom. The van der Waals surface area contributed by atoms with Crippen LogP contribution in [0.1, 0.15) is 45.9 Å². The quantitative estimate of drug-likeness (QED) is 0.827. The number of furan rings is 1. The summed E-state index contributed by atoms with van der Waals surface area (Å²) in [4.78, 5) is 33.1. The molecule has 25 heavy (non-hydrogen) atoms. The van der Waals surface area contributed by atoms with Crippen LogP contribution in [0.4, 0.5) is 0 Å². The van der Waals surface area contributed by atoms with Gasteiger partial charge in [-0.15, -0.1) is 11.3 Å². The van der Waals surface area contributed by atoms with Gasteiger partial charge < -0.3 is 14.2 Å². The Bertz CT molecular complexity index is 775. The van der Waals surface area contributed by atoms with Crippen LogP contribution in [0.25, 0.3) is 0 Å². The molecule has 0 N–H and O–H groups in total. The zero-order valence-electron chi connectivity index (χ0n) is 14.2. The highest BCUT2D eigenvalue weighted by atomic mass is 32.1. The number of piperidine rings is 1. The Kier molecular flexibility index (Phi) is 4.11. The third-order valence-electron chi connectivity index (χ3n) is 5.58. The molecule has 0 bridgehead atoms. The van der Waals surface area contributed by atoms with Crippen LogP contribution in [-0.2, 0) is 0 Å². The van der Waals surface area contributed by atoms with Gasteiger partial charge in [-0.25, -0.2) is 4.98 Å². The van der Waals surface area contributed by atoms with Gasteiger partial charge in [0.25, 0.3) is 11.8 Å². The van der Waals surface area contributed by atoms with Crippen molar-refractivity contribution in [3.05, 3.63) is 40.2 Å². The molecule has 2 fully saturated rings.